The molecule has 3 nitrogen and oxygen atoms in total. The minimum absolute atomic E-state index is 0.0655. The third-order valence-corrected chi connectivity index (χ3v) is 2.30. The minimum Gasteiger partial charge on any atom is -0.481 e. The Morgan fingerprint density at radius 1 is 1.54 bits per heavy atom. The van der Waals surface area contributed by atoms with E-state index in [2.05, 4.69) is 0 Å². The van der Waals surface area contributed by atoms with E-state index >= 15 is 0 Å². The van der Waals surface area contributed by atoms with Crippen LogP contribution in [0.5, 0.6) is 0 Å². The number of hydrogen-bond donors (Lipinski definition) is 1. The molecule has 0 aromatic heterocycles. The van der Waals surface area contributed by atoms with Gasteiger partial charge in [0.15, 0.2) is 0 Å². The summed E-state index contributed by atoms with van der Waals surface area (Å²) < 4.78 is 36.9. The molecule has 76 valence electrons. The predicted molar refractivity (Wildman–Crippen MR) is 38.2 cm³/mol. The molecular weight excluding hydrogens is 187 g/mol. The summed E-state index contributed by atoms with van der Waals surface area (Å²) in [7, 11) is 1.29. The maximum Gasteiger partial charge on any atom is 0.404 e. The number of carboxylic acids is 1. The van der Waals surface area contributed by atoms with Gasteiger partial charge in [-0.25, -0.2) is 0 Å². The van der Waals surface area contributed by atoms with Gasteiger partial charge in [-0.2, -0.15) is 13.2 Å². The normalized spacial score (nSPS) is 30.8. The molecule has 0 aliphatic carbocycles. The Labute approximate surface area is 73.1 Å². The molecule has 1 aliphatic heterocycles. The monoisotopic (exact) mass is 197 g/mol. The molecular formula is C7H10F3NO2. The van der Waals surface area contributed by atoms with Crippen LogP contribution in [-0.4, -0.2) is 41.8 Å². The second-order valence-electron chi connectivity index (χ2n) is 3.20. The zero-order valence-corrected chi connectivity index (χ0v) is 7.01. The Bertz CT molecular complexity index is 216. The lowest BCUT2D eigenvalue weighted by Crippen LogP contribution is -2.44. The van der Waals surface area contributed by atoms with Crippen LogP contribution >= 0.6 is 0 Å². The lowest BCUT2D eigenvalue weighted by molar-refractivity contribution is -0.189. The fourth-order valence-corrected chi connectivity index (χ4v) is 1.68. The summed E-state index contributed by atoms with van der Waals surface area (Å²) in [4.78, 5) is 11.5. The molecule has 2 atom stereocenters. The van der Waals surface area contributed by atoms with Crippen molar-refractivity contribution in [2.24, 2.45) is 5.92 Å². The van der Waals surface area contributed by atoms with E-state index in [0.717, 1.165) is 4.90 Å². The van der Waals surface area contributed by atoms with Crippen molar-refractivity contribution < 1.29 is 23.1 Å². The summed E-state index contributed by atoms with van der Waals surface area (Å²) in [5.74, 6) is -2.68. The van der Waals surface area contributed by atoms with E-state index in [4.69, 9.17) is 5.11 Å². The Kier molecular flexibility index (Phi) is 2.51. The van der Waals surface area contributed by atoms with Gasteiger partial charge in [0.25, 0.3) is 0 Å². The maximum atomic E-state index is 12.3. The summed E-state index contributed by atoms with van der Waals surface area (Å²) in [6.07, 6.45) is -4.38. The van der Waals surface area contributed by atoms with Crippen LogP contribution in [0.1, 0.15) is 6.42 Å². The van der Waals surface area contributed by atoms with Gasteiger partial charge < -0.3 is 5.11 Å². The molecule has 1 rings (SSSR count). The molecule has 1 saturated heterocycles. The van der Waals surface area contributed by atoms with Crippen LogP contribution < -0.4 is 0 Å². The van der Waals surface area contributed by atoms with Crippen molar-refractivity contribution >= 4 is 5.97 Å². The molecule has 0 amide bonds. The van der Waals surface area contributed by atoms with Gasteiger partial charge in [0.1, 0.15) is 6.04 Å². The molecule has 0 aromatic rings. The van der Waals surface area contributed by atoms with Crippen molar-refractivity contribution in [1.29, 1.82) is 0 Å². The molecule has 0 spiro atoms. The smallest absolute Gasteiger partial charge is 0.404 e. The molecule has 13 heavy (non-hydrogen) atoms. The fraction of sp³-hybridized carbons (Fsp3) is 0.857. The average molecular weight is 197 g/mol. The van der Waals surface area contributed by atoms with Gasteiger partial charge in [-0.15, -0.1) is 0 Å². The topological polar surface area (TPSA) is 40.5 Å². The van der Waals surface area contributed by atoms with Gasteiger partial charge in [-0.1, -0.05) is 0 Å². The summed E-state index contributed by atoms with van der Waals surface area (Å²) in [5.41, 5.74) is 0. The van der Waals surface area contributed by atoms with Gasteiger partial charge in [-0.05, 0) is 20.0 Å². The summed E-state index contributed by atoms with van der Waals surface area (Å²) in [5, 5.41) is 8.54. The van der Waals surface area contributed by atoms with Crippen molar-refractivity contribution in [2.45, 2.75) is 18.6 Å². The predicted octanol–water partition coefficient (Wildman–Crippen LogP) is 0.954. The molecule has 1 fully saturated rings. The molecule has 1 aliphatic rings. The number of aliphatic carboxylic acids is 1. The summed E-state index contributed by atoms with van der Waals surface area (Å²) >= 11 is 0. The van der Waals surface area contributed by atoms with E-state index in [1.807, 2.05) is 0 Å². The first-order chi connectivity index (χ1) is 5.84. The summed E-state index contributed by atoms with van der Waals surface area (Å²) in [6, 6.07) is -1.83. The Balaban J connectivity index is 2.83. The molecule has 1 heterocycles. The first-order valence-electron chi connectivity index (χ1n) is 3.84. The molecule has 6 heteroatoms. The molecule has 0 aromatic carbocycles. The van der Waals surface area contributed by atoms with Crippen LogP contribution in [-0.2, 0) is 4.79 Å². The van der Waals surface area contributed by atoms with E-state index in [9.17, 15) is 18.0 Å². The molecule has 0 bridgehead atoms. The second-order valence-corrected chi connectivity index (χ2v) is 3.20. The molecule has 1 N–H and O–H groups in total. The van der Waals surface area contributed by atoms with Crippen LogP contribution in [0.25, 0.3) is 0 Å². The number of halogens is 3. The van der Waals surface area contributed by atoms with Crippen LogP contribution in [0.4, 0.5) is 13.2 Å². The molecule has 2 unspecified atom stereocenters. The highest BCUT2D eigenvalue weighted by Crippen LogP contribution is 2.35. The van der Waals surface area contributed by atoms with Gasteiger partial charge in [0.2, 0.25) is 0 Å². The first kappa shape index (κ1) is 10.3. The van der Waals surface area contributed by atoms with Gasteiger partial charge in [0, 0.05) is 0 Å². The molecule has 0 radical (unpaired) electrons. The standard InChI is InChI=1S/C7H10F3NO2/c1-11-3-2-4(6(12)13)5(11)7(8,9)10/h4-5H,2-3H2,1H3,(H,12,13). The highest BCUT2D eigenvalue weighted by atomic mass is 19.4. The number of carbonyl (C=O) groups is 1. The number of hydrogen-bond acceptors (Lipinski definition) is 2. The highest BCUT2D eigenvalue weighted by molar-refractivity contribution is 5.71. The van der Waals surface area contributed by atoms with Crippen molar-refractivity contribution in [3.63, 3.8) is 0 Å². The number of rotatable bonds is 1. The lowest BCUT2D eigenvalue weighted by atomic mass is 10.0. The quantitative estimate of drug-likeness (QED) is 0.680. The van der Waals surface area contributed by atoms with Gasteiger partial charge in [0.05, 0.1) is 5.92 Å². The Morgan fingerprint density at radius 3 is 2.38 bits per heavy atom. The van der Waals surface area contributed by atoms with Crippen molar-refractivity contribution in [1.82, 2.24) is 4.90 Å². The zero-order valence-electron chi connectivity index (χ0n) is 7.01. The van der Waals surface area contributed by atoms with E-state index < -0.39 is 24.1 Å². The van der Waals surface area contributed by atoms with E-state index in [1.165, 1.54) is 7.05 Å². The van der Waals surface area contributed by atoms with E-state index in [0.29, 0.717) is 0 Å². The lowest BCUT2D eigenvalue weighted by Gasteiger charge is -2.24. The van der Waals surface area contributed by atoms with E-state index in [1.54, 1.807) is 0 Å². The van der Waals surface area contributed by atoms with Crippen molar-refractivity contribution in [3.05, 3.63) is 0 Å². The second kappa shape index (κ2) is 3.17. The summed E-state index contributed by atoms with van der Waals surface area (Å²) in [6.45, 7) is 0.182. The van der Waals surface area contributed by atoms with Crippen LogP contribution in [0.2, 0.25) is 0 Å². The Morgan fingerprint density at radius 2 is 2.08 bits per heavy atom. The van der Waals surface area contributed by atoms with E-state index in [-0.39, 0.29) is 13.0 Å². The number of likely N-dealkylation sites (tertiary alicyclic amines) is 1. The number of carboxylic acid groups (broad SMARTS) is 1. The SMILES string of the molecule is CN1CCC(C(=O)O)C1C(F)(F)F. The van der Waals surface area contributed by atoms with Gasteiger partial charge >= 0.3 is 12.1 Å². The molecule has 0 saturated carbocycles. The largest absolute Gasteiger partial charge is 0.481 e. The van der Waals surface area contributed by atoms with Crippen LogP contribution in [0.3, 0.4) is 0 Å². The average Bonchev–Trinajstić information content (AvgIpc) is 2.28. The minimum atomic E-state index is -4.45. The first-order valence-corrected chi connectivity index (χ1v) is 3.84. The fourth-order valence-electron chi connectivity index (χ4n) is 1.68. The zero-order chi connectivity index (χ0) is 10.2. The third-order valence-electron chi connectivity index (χ3n) is 2.30. The Hall–Kier alpha value is -0.780. The van der Waals surface area contributed by atoms with Crippen LogP contribution in [0.15, 0.2) is 0 Å². The maximum absolute atomic E-state index is 12.3. The van der Waals surface area contributed by atoms with Crippen molar-refractivity contribution in [3.8, 4) is 0 Å². The number of nitrogens with zero attached hydrogens (tertiary/aromatic N) is 1. The van der Waals surface area contributed by atoms with Gasteiger partial charge in [-0.3, -0.25) is 9.69 Å². The third kappa shape index (κ3) is 1.93. The van der Waals surface area contributed by atoms with Crippen LogP contribution in [0, 0.1) is 5.92 Å². The number of alkyl halides is 3. The highest BCUT2D eigenvalue weighted by Gasteiger charge is 2.52. The van der Waals surface area contributed by atoms with Crippen molar-refractivity contribution in [2.75, 3.05) is 13.6 Å².